The Hall–Kier alpha value is -0.300. The van der Waals surface area contributed by atoms with E-state index in [-0.39, 0.29) is 6.10 Å². The minimum atomic E-state index is -0.0183. The van der Waals surface area contributed by atoms with E-state index >= 15 is 0 Å². The molecule has 4 rings (SSSR count). The molecule has 0 amide bonds. The molecule has 10 atom stereocenters. The minimum Gasteiger partial charge on any atom is -0.393 e. The number of hydrogen-bond donors (Lipinski definition) is 1. The molecular formula is C28H48O. The van der Waals surface area contributed by atoms with Gasteiger partial charge >= 0.3 is 0 Å². The molecule has 0 aromatic carbocycles. The van der Waals surface area contributed by atoms with Gasteiger partial charge in [0.25, 0.3) is 0 Å². The highest BCUT2D eigenvalue weighted by atomic mass is 16.3. The van der Waals surface area contributed by atoms with Crippen LogP contribution < -0.4 is 0 Å². The first-order valence-electron chi connectivity index (χ1n) is 13.0. The van der Waals surface area contributed by atoms with E-state index in [4.69, 9.17) is 0 Å². The molecule has 1 heteroatoms. The van der Waals surface area contributed by atoms with E-state index in [1.54, 1.807) is 0 Å². The van der Waals surface area contributed by atoms with E-state index < -0.39 is 0 Å². The van der Waals surface area contributed by atoms with Crippen molar-refractivity contribution >= 4 is 0 Å². The van der Waals surface area contributed by atoms with Gasteiger partial charge in [0.1, 0.15) is 0 Å². The van der Waals surface area contributed by atoms with Crippen LogP contribution >= 0.6 is 0 Å². The molecule has 4 aliphatic carbocycles. The van der Waals surface area contributed by atoms with E-state index in [1.165, 1.54) is 44.9 Å². The molecule has 29 heavy (non-hydrogen) atoms. The average Bonchev–Trinajstić information content (AvgIpc) is 3.03. The summed E-state index contributed by atoms with van der Waals surface area (Å²) >= 11 is 0. The predicted octanol–water partition coefficient (Wildman–Crippen LogP) is 7.49. The molecule has 1 nitrogen and oxygen atoms in total. The molecule has 0 aromatic heterocycles. The van der Waals surface area contributed by atoms with Crippen molar-refractivity contribution < 1.29 is 5.11 Å². The normalized spacial score (nSPS) is 49.5. The van der Waals surface area contributed by atoms with Crippen molar-refractivity contribution in [3.05, 3.63) is 12.2 Å². The lowest BCUT2D eigenvalue weighted by Gasteiger charge is -2.61. The number of allylic oxidation sites excluding steroid dienone is 2. The highest BCUT2D eigenvalue weighted by Crippen LogP contribution is 2.68. The molecule has 0 unspecified atom stereocenters. The lowest BCUT2D eigenvalue weighted by molar-refractivity contribution is -0.128. The van der Waals surface area contributed by atoms with Gasteiger partial charge in [0.2, 0.25) is 0 Å². The van der Waals surface area contributed by atoms with Gasteiger partial charge in [-0.25, -0.2) is 0 Å². The number of fused-ring (bicyclic) bond motifs is 5. The smallest absolute Gasteiger partial charge is 0.0543 e. The van der Waals surface area contributed by atoms with Crippen LogP contribution in [0.25, 0.3) is 0 Å². The van der Waals surface area contributed by atoms with Crippen molar-refractivity contribution in [2.75, 3.05) is 0 Å². The highest BCUT2D eigenvalue weighted by molar-refractivity contribution is 5.11. The van der Waals surface area contributed by atoms with Crippen molar-refractivity contribution in [3.63, 3.8) is 0 Å². The molecule has 0 aliphatic heterocycles. The quantitative estimate of drug-likeness (QED) is 0.485. The van der Waals surface area contributed by atoms with E-state index in [2.05, 4.69) is 53.7 Å². The standard InChI is InChI=1S/C28H48O/c1-18(2)19(3)7-8-20(4)24-11-12-25-23-10-9-21-17-22(29)13-15-27(21,5)26(23)14-16-28(24,25)6/h7-8,18-26,29H,9-17H2,1-6H3/b8-7+/t19-,20-,21+,22+,23+,24-,25-,26+,27+,28-/m1/s1. The van der Waals surface area contributed by atoms with Crippen LogP contribution in [0.3, 0.4) is 0 Å². The lowest BCUT2D eigenvalue weighted by atomic mass is 9.44. The van der Waals surface area contributed by atoms with Gasteiger partial charge in [-0.05, 0) is 116 Å². The molecule has 0 heterocycles. The van der Waals surface area contributed by atoms with E-state index in [0.717, 1.165) is 54.3 Å². The van der Waals surface area contributed by atoms with Gasteiger partial charge in [0, 0.05) is 0 Å². The second-order valence-corrected chi connectivity index (χ2v) is 12.7. The predicted molar refractivity (Wildman–Crippen MR) is 124 cm³/mol. The maximum Gasteiger partial charge on any atom is 0.0543 e. The second-order valence-electron chi connectivity index (χ2n) is 12.7. The molecule has 166 valence electrons. The number of aliphatic hydroxyl groups excluding tert-OH is 1. The van der Waals surface area contributed by atoms with Gasteiger partial charge in [0.05, 0.1) is 6.10 Å². The Balaban J connectivity index is 1.50. The summed E-state index contributed by atoms with van der Waals surface area (Å²) in [6.07, 6.45) is 17.1. The molecule has 4 fully saturated rings. The topological polar surface area (TPSA) is 20.2 Å². The summed E-state index contributed by atoms with van der Waals surface area (Å²) in [5, 5.41) is 10.3. The maximum atomic E-state index is 10.3. The number of hydrogen-bond acceptors (Lipinski definition) is 1. The van der Waals surface area contributed by atoms with Crippen LogP contribution in [0.4, 0.5) is 0 Å². The van der Waals surface area contributed by atoms with Crippen LogP contribution in [0.15, 0.2) is 12.2 Å². The third kappa shape index (κ3) is 3.66. The summed E-state index contributed by atoms with van der Waals surface area (Å²) in [6, 6.07) is 0. The fourth-order valence-electron chi connectivity index (χ4n) is 8.85. The van der Waals surface area contributed by atoms with Gasteiger partial charge in [-0.2, -0.15) is 0 Å². The van der Waals surface area contributed by atoms with Crippen LogP contribution in [-0.2, 0) is 0 Å². The van der Waals surface area contributed by atoms with E-state index in [9.17, 15) is 5.11 Å². The van der Waals surface area contributed by atoms with Gasteiger partial charge in [-0.1, -0.05) is 53.7 Å². The van der Waals surface area contributed by atoms with E-state index in [1.807, 2.05) is 0 Å². The van der Waals surface area contributed by atoms with Gasteiger partial charge < -0.3 is 5.11 Å². The Labute approximate surface area is 181 Å². The molecule has 0 aromatic rings. The second kappa shape index (κ2) is 7.99. The summed E-state index contributed by atoms with van der Waals surface area (Å²) < 4.78 is 0. The first kappa shape index (κ1) is 21.9. The number of rotatable bonds is 4. The number of aliphatic hydroxyl groups is 1. The third-order valence-electron chi connectivity index (χ3n) is 11.1. The molecule has 4 aliphatic rings. The first-order chi connectivity index (χ1) is 13.7. The summed E-state index contributed by atoms with van der Waals surface area (Å²) in [4.78, 5) is 0. The molecule has 0 bridgehead atoms. The Morgan fingerprint density at radius 2 is 1.48 bits per heavy atom. The van der Waals surface area contributed by atoms with Gasteiger partial charge in [0.15, 0.2) is 0 Å². The summed E-state index contributed by atoms with van der Waals surface area (Å²) in [5.74, 6) is 6.66. The molecule has 4 saturated carbocycles. The van der Waals surface area contributed by atoms with Crippen molar-refractivity contribution in [1.82, 2.24) is 0 Å². The monoisotopic (exact) mass is 400 g/mol. The fourth-order valence-corrected chi connectivity index (χ4v) is 8.85. The largest absolute Gasteiger partial charge is 0.393 e. The zero-order valence-electron chi connectivity index (χ0n) is 20.2. The highest BCUT2D eigenvalue weighted by Gasteiger charge is 2.60. The van der Waals surface area contributed by atoms with Crippen molar-refractivity contribution in [2.45, 2.75) is 105 Å². The SMILES string of the molecule is CC(C)[C@H](C)/C=C/[C@@H](C)[C@H]1CC[C@@H]2[C@@H]3CC[C@H]4C[C@@H](O)CC[C@]4(C)[C@H]3CC[C@@]21C. The van der Waals surface area contributed by atoms with Gasteiger partial charge in [-0.3, -0.25) is 0 Å². The van der Waals surface area contributed by atoms with Crippen LogP contribution in [0.5, 0.6) is 0 Å². The Kier molecular flexibility index (Phi) is 6.04. The summed E-state index contributed by atoms with van der Waals surface area (Å²) in [5.41, 5.74) is 1.07. The van der Waals surface area contributed by atoms with Crippen LogP contribution in [0, 0.1) is 58.2 Å². The Morgan fingerprint density at radius 3 is 2.21 bits per heavy atom. The zero-order valence-corrected chi connectivity index (χ0v) is 20.2. The molecule has 0 spiro atoms. The molecule has 0 saturated heterocycles. The Bertz CT molecular complexity index is 607. The first-order valence-corrected chi connectivity index (χ1v) is 13.0. The average molecular weight is 401 g/mol. The van der Waals surface area contributed by atoms with Crippen LogP contribution in [0.1, 0.15) is 99.3 Å². The summed E-state index contributed by atoms with van der Waals surface area (Å²) in [6.45, 7) is 14.9. The van der Waals surface area contributed by atoms with Crippen LogP contribution in [-0.4, -0.2) is 11.2 Å². The third-order valence-corrected chi connectivity index (χ3v) is 11.1. The van der Waals surface area contributed by atoms with E-state index in [0.29, 0.717) is 16.7 Å². The Morgan fingerprint density at radius 1 is 0.793 bits per heavy atom. The molecule has 0 radical (unpaired) electrons. The molecule has 1 N–H and O–H groups in total. The van der Waals surface area contributed by atoms with Crippen molar-refractivity contribution in [3.8, 4) is 0 Å². The lowest BCUT2D eigenvalue weighted by Crippen LogP contribution is -2.54. The minimum absolute atomic E-state index is 0.0183. The van der Waals surface area contributed by atoms with Crippen molar-refractivity contribution in [1.29, 1.82) is 0 Å². The molecular weight excluding hydrogens is 352 g/mol. The van der Waals surface area contributed by atoms with Crippen LogP contribution in [0.2, 0.25) is 0 Å². The zero-order chi connectivity index (χ0) is 21.0. The fraction of sp³-hybridized carbons (Fsp3) is 0.929. The summed E-state index contributed by atoms with van der Waals surface area (Å²) in [7, 11) is 0. The van der Waals surface area contributed by atoms with Crippen molar-refractivity contribution in [2.24, 2.45) is 58.2 Å². The van der Waals surface area contributed by atoms with Gasteiger partial charge in [-0.15, -0.1) is 0 Å². The maximum absolute atomic E-state index is 10.3.